The first-order valence-corrected chi connectivity index (χ1v) is 13.1. The first-order chi connectivity index (χ1) is 16.4. The number of carbonyl (C=O) groups is 1. The van der Waals surface area contributed by atoms with Gasteiger partial charge in [-0.1, -0.05) is 48.9 Å². The van der Waals surface area contributed by atoms with Crippen LogP contribution in [0, 0.1) is 0 Å². The molecule has 0 radical (unpaired) electrons. The highest BCUT2D eigenvalue weighted by molar-refractivity contribution is 7.89. The Bertz CT molecular complexity index is 1250. The van der Waals surface area contributed by atoms with E-state index in [4.69, 9.17) is 9.47 Å². The predicted molar refractivity (Wildman–Crippen MR) is 132 cm³/mol. The Labute approximate surface area is 200 Å². The summed E-state index contributed by atoms with van der Waals surface area (Å²) < 4.78 is 38.6. The van der Waals surface area contributed by atoms with Crippen LogP contribution in [0.4, 0.5) is 0 Å². The van der Waals surface area contributed by atoms with Gasteiger partial charge in [-0.2, -0.15) is 0 Å². The lowest BCUT2D eigenvalue weighted by atomic mass is 9.99. The molecular weight excluding hydrogens is 452 g/mol. The van der Waals surface area contributed by atoms with Crippen LogP contribution in [0.1, 0.15) is 44.2 Å². The van der Waals surface area contributed by atoms with Crippen molar-refractivity contribution in [3.63, 3.8) is 0 Å². The molecule has 3 aromatic carbocycles. The van der Waals surface area contributed by atoms with Crippen molar-refractivity contribution in [3.8, 4) is 11.5 Å². The molecule has 1 heterocycles. The summed E-state index contributed by atoms with van der Waals surface area (Å²) in [5, 5.41) is 5.37. The van der Waals surface area contributed by atoms with Gasteiger partial charge >= 0.3 is 0 Å². The van der Waals surface area contributed by atoms with Crippen molar-refractivity contribution in [2.24, 2.45) is 0 Å². The number of ether oxygens (including phenoxy) is 2. The molecule has 7 nitrogen and oxygen atoms in total. The second-order valence-electron chi connectivity index (χ2n) is 8.37. The van der Waals surface area contributed by atoms with Gasteiger partial charge in [0.25, 0.3) is 0 Å². The highest BCUT2D eigenvalue weighted by atomic mass is 32.2. The largest absolute Gasteiger partial charge is 0.486 e. The highest BCUT2D eigenvalue weighted by Crippen LogP contribution is 2.32. The molecule has 180 valence electrons. The summed E-state index contributed by atoms with van der Waals surface area (Å²) in [6.45, 7) is 3.16. The number of hydrogen-bond donors (Lipinski definition) is 2. The van der Waals surface area contributed by atoms with Crippen molar-refractivity contribution in [2.45, 2.75) is 43.5 Å². The minimum Gasteiger partial charge on any atom is -0.486 e. The number of rotatable bonds is 10. The van der Waals surface area contributed by atoms with E-state index in [1.54, 1.807) is 6.07 Å². The molecule has 1 atom stereocenters. The molecule has 1 aliphatic rings. The number of unbranched alkanes of at least 4 members (excludes halogenated alkanes) is 2. The number of hydrogen-bond acceptors (Lipinski definition) is 5. The summed E-state index contributed by atoms with van der Waals surface area (Å²) in [5.41, 5.74) is 1.10. The van der Waals surface area contributed by atoms with Crippen LogP contribution < -0.4 is 19.5 Å². The quantitative estimate of drug-likeness (QED) is 0.420. The molecular formula is C26H30N2O5S. The number of benzene rings is 3. The van der Waals surface area contributed by atoms with Gasteiger partial charge in [-0.15, -0.1) is 0 Å². The summed E-state index contributed by atoms with van der Waals surface area (Å²) in [7, 11) is -3.63. The van der Waals surface area contributed by atoms with Gasteiger partial charge in [0.05, 0.1) is 10.9 Å². The maximum absolute atomic E-state index is 12.5. The minimum atomic E-state index is -3.63. The van der Waals surface area contributed by atoms with Gasteiger partial charge in [-0.3, -0.25) is 4.79 Å². The Kier molecular flexibility index (Phi) is 7.70. The first-order valence-electron chi connectivity index (χ1n) is 11.6. The van der Waals surface area contributed by atoms with Crippen molar-refractivity contribution in [1.82, 2.24) is 10.0 Å². The molecule has 0 aromatic heterocycles. The predicted octanol–water partition coefficient (Wildman–Crippen LogP) is 4.33. The number of amides is 1. The summed E-state index contributed by atoms with van der Waals surface area (Å²) >= 11 is 0. The topological polar surface area (TPSA) is 93.7 Å². The number of nitrogens with one attached hydrogen (secondary N) is 2. The summed E-state index contributed by atoms with van der Waals surface area (Å²) in [5.74, 6) is 0.994. The van der Waals surface area contributed by atoms with Crippen LogP contribution in [0.3, 0.4) is 0 Å². The first kappa shape index (κ1) is 24.0. The van der Waals surface area contributed by atoms with Crippen molar-refractivity contribution in [3.05, 3.63) is 66.2 Å². The van der Waals surface area contributed by atoms with Gasteiger partial charge in [-0.05, 0) is 48.2 Å². The lowest BCUT2D eigenvalue weighted by molar-refractivity contribution is -0.121. The van der Waals surface area contributed by atoms with Crippen molar-refractivity contribution < 1.29 is 22.7 Å². The third kappa shape index (κ3) is 5.87. The van der Waals surface area contributed by atoms with E-state index in [0.717, 1.165) is 22.8 Å². The average Bonchev–Trinajstić information content (AvgIpc) is 2.85. The lowest BCUT2D eigenvalue weighted by Crippen LogP contribution is -2.27. The van der Waals surface area contributed by atoms with Crippen LogP contribution in [-0.4, -0.2) is 34.1 Å². The molecule has 0 spiro atoms. The van der Waals surface area contributed by atoms with Crippen LogP contribution in [0.5, 0.6) is 11.5 Å². The van der Waals surface area contributed by atoms with E-state index in [0.29, 0.717) is 50.5 Å². The standard InChI is InChI=1S/C26H30N2O5S/c1-19(22-11-7-9-20-8-4-5-10-23(20)22)28-26(29)12-3-2-6-15-27-34(30,31)21-13-14-24-25(18-21)33-17-16-32-24/h4-5,7-11,13-14,18-19,27H,2-3,6,12,15-17H2,1H3,(H,28,29). The second-order valence-corrected chi connectivity index (χ2v) is 10.1. The molecule has 0 saturated heterocycles. The highest BCUT2D eigenvalue weighted by Gasteiger charge is 2.19. The molecule has 0 fully saturated rings. The maximum atomic E-state index is 12.5. The fraction of sp³-hybridized carbons (Fsp3) is 0.346. The third-order valence-electron chi connectivity index (χ3n) is 5.86. The summed E-state index contributed by atoms with van der Waals surface area (Å²) in [4.78, 5) is 12.6. The van der Waals surface area contributed by atoms with Crippen LogP contribution in [0.15, 0.2) is 65.6 Å². The molecule has 3 aromatic rings. The molecule has 0 saturated carbocycles. The van der Waals surface area contributed by atoms with E-state index in [2.05, 4.69) is 28.2 Å². The molecule has 2 N–H and O–H groups in total. The summed E-state index contributed by atoms with van der Waals surface area (Å²) in [6.07, 6.45) is 2.50. The van der Waals surface area contributed by atoms with E-state index in [1.807, 2.05) is 31.2 Å². The second kappa shape index (κ2) is 10.9. The van der Waals surface area contributed by atoms with E-state index >= 15 is 0 Å². The summed E-state index contributed by atoms with van der Waals surface area (Å²) in [6, 6.07) is 18.8. The number of sulfonamides is 1. The average molecular weight is 483 g/mol. The Balaban J connectivity index is 1.18. The molecule has 1 unspecified atom stereocenters. The van der Waals surface area contributed by atoms with Crippen molar-refractivity contribution in [2.75, 3.05) is 19.8 Å². The van der Waals surface area contributed by atoms with E-state index in [-0.39, 0.29) is 16.8 Å². The van der Waals surface area contributed by atoms with Gasteiger partial charge in [0.1, 0.15) is 13.2 Å². The Morgan fingerprint density at radius 2 is 1.71 bits per heavy atom. The van der Waals surface area contributed by atoms with Crippen LogP contribution in [0.2, 0.25) is 0 Å². The van der Waals surface area contributed by atoms with Gasteiger partial charge in [0.2, 0.25) is 15.9 Å². The Morgan fingerprint density at radius 1 is 0.941 bits per heavy atom. The van der Waals surface area contributed by atoms with Crippen LogP contribution in [0.25, 0.3) is 10.8 Å². The zero-order valence-electron chi connectivity index (χ0n) is 19.3. The molecule has 8 heteroatoms. The smallest absolute Gasteiger partial charge is 0.240 e. The zero-order chi connectivity index (χ0) is 24.0. The Hall–Kier alpha value is -3.10. The van der Waals surface area contributed by atoms with Gasteiger partial charge in [-0.25, -0.2) is 13.1 Å². The monoisotopic (exact) mass is 482 g/mol. The van der Waals surface area contributed by atoms with Crippen LogP contribution in [-0.2, 0) is 14.8 Å². The Morgan fingerprint density at radius 3 is 2.56 bits per heavy atom. The molecule has 1 amide bonds. The van der Waals surface area contributed by atoms with Crippen molar-refractivity contribution in [1.29, 1.82) is 0 Å². The van der Waals surface area contributed by atoms with Crippen LogP contribution >= 0.6 is 0 Å². The van der Waals surface area contributed by atoms with Gasteiger partial charge in [0.15, 0.2) is 11.5 Å². The van der Waals surface area contributed by atoms with Gasteiger partial charge < -0.3 is 14.8 Å². The maximum Gasteiger partial charge on any atom is 0.240 e. The normalized spacial score (nSPS) is 14.0. The van der Waals surface area contributed by atoms with Gasteiger partial charge in [0, 0.05) is 19.0 Å². The van der Waals surface area contributed by atoms with E-state index in [9.17, 15) is 13.2 Å². The number of fused-ring (bicyclic) bond motifs is 2. The fourth-order valence-electron chi connectivity index (χ4n) is 4.09. The number of carbonyl (C=O) groups excluding carboxylic acids is 1. The SMILES string of the molecule is CC(NC(=O)CCCCCNS(=O)(=O)c1ccc2c(c1)OCCO2)c1cccc2ccccc12. The molecule has 34 heavy (non-hydrogen) atoms. The molecule has 4 rings (SSSR count). The van der Waals surface area contributed by atoms with Crippen molar-refractivity contribution >= 4 is 26.7 Å². The fourth-order valence-corrected chi connectivity index (χ4v) is 5.18. The minimum absolute atomic E-state index is 0.00251. The molecule has 0 aliphatic carbocycles. The molecule has 0 bridgehead atoms. The van der Waals surface area contributed by atoms with E-state index < -0.39 is 10.0 Å². The third-order valence-corrected chi connectivity index (χ3v) is 7.32. The lowest BCUT2D eigenvalue weighted by Gasteiger charge is -2.19. The molecule has 1 aliphatic heterocycles. The zero-order valence-corrected chi connectivity index (χ0v) is 20.1. The van der Waals surface area contributed by atoms with E-state index in [1.165, 1.54) is 12.1 Å².